The Morgan fingerprint density at radius 3 is 2.64 bits per heavy atom. The summed E-state index contributed by atoms with van der Waals surface area (Å²) >= 11 is 0. The van der Waals surface area contributed by atoms with Crippen LogP contribution in [0.2, 0.25) is 0 Å². The number of hydrogen-bond acceptors (Lipinski definition) is 7. The highest BCUT2D eigenvalue weighted by atomic mass is 32.3. The number of ketones is 1. The summed E-state index contributed by atoms with van der Waals surface area (Å²) < 4.78 is 43.1. The van der Waals surface area contributed by atoms with Gasteiger partial charge in [0.15, 0.2) is 23.4 Å². The number of piperidine rings is 1. The number of likely N-dealkylation sites (N-methyl/N-ethyl adjacent to an activating group) is 1. The van der Waals surface area contributed by atoms with E-state index in [-0.39, 0.29) is 11.8 Å². The molecule has 4 aliphatic rings. The molecule has 0 aromatic heterocycles. The minimum absolute atomic E-state index is 0.0430. The van der Waals surface area contributed by atoms with Crippen LogP contribution in [0.4, 0.5) is 0 Å². The molecule has 1 saturated heterocycles. The van der Waals surface area contributed by atoms with E-state index in [1.807, 2.05) is 13.1 Å². The highest BCUT2D eigenvalue weighted by Gasteiger charge is 2.71. The van der Waals surface area contributed by atoms with Crippen LogP contribution in [0.25, 0.3) is 0 Å². The van der Waals surface area contributed by atoms with Crippen molar-refractivity contribution in [3.05, 3.63) is 35.4 Å². The zero-order valence-electron chi connectivity index (χ0n) is 15.3. The number of carbonyl (C=O) groups is 1. The molecule has 1 fully saturated rings. The number of rotatable bonds is 1. The Balaban J connectivity index is 0.000000346. The fourth-order valence-electron chi connectivity index (χ4n) is 5.28. The van der Waals surface area contributed by atoms with E-state index in [0.717, 1.165) is 24.1 Å². The lowest BCUT2D eigenvalue weighted by Crippen LogP contribution is -2.74. The summed E-state index contributed by atoms with van der Waals surface area (Å²) in [7, 11) is -1.02. The Bertz CT molecular complexity index is 982. The van der Waals surface area contributed by atoms with E-state index in [2.05, 4.69) is 11.0 Å². The van der Waals surface area contributed by atoms with Gasteiger partial charge >= 0.3 is 10.4 Å². The predicted molar refractivity (Wildman–Crippen MR) is 97.1 cm³/mol. The number of aliphatic hydroxyl groups is 1. The van der Waals surface area contributed by atoms with Crippen molar-refractivity contribution in [2.45, 2.75) is 36.0 Å². The van der Waals surface area contributed by atoms with E-state index in [4.69, 9.17) is 27.0 Å². The molecule has 0 saturated carbocycles. The third-order valence-electron chi connectivity index (χ3n) is 6.34. The fourth-order valence-corrected chi connectivity index (χ4v) is 5.28. The zero-order chi connectivity index (χ0) is 20.5. The largest absolute Gasteiger partial charge is 0.493 e. The molecule has 1 aromatic carbocycles. The lowest BCUT2D eigenvalue weighted by molar-refractivity contribution is -0.151. The van der Waals surface area contributed by atoms with Crippen LogP contribution in [0, 0.1) is 0 Å². The molecule has 4 atom stereocenters. The van der Waals surface area contributed by atoms with Crippen molar-refractivity contribution in [1.29, 1.82) is 0 Å². The number of methoxy groups -OCH3 is 1. The van der Waals surface area contributed by atoms with Gasteiger partial charge in [-0.1, -0.05) is 6.07 Å². The Morgan fingerprint density at radius 2 is 2.00 bits per heavy atom. The maximum absolute atomic E-state index is 12.6. The van der Waals surface area contributed by atoms with Crippen molar-refractivity contribution in [3.8, 4) is 11.5 Å². The second kappa shape index (κ2) is 6.01. The number of likely N-dealkylation sites (tertiary alicyclic amines) is 1. The minimum atomic E-state index is -4.67. The van der Waals surface area contributed by atoms with Gasteiger partial charge in [0.25, 0.3) is 0 Å². The molecule has 2 unspecified atom stereocenters. The third-order valence-corrected chi connectivity index (χ3v) is 6.34. The monoisotopic (exact) mass is 411 g/mol. The second-order valence-corrected chi connectivity index (χ2v) is 8.46. The molecule has 2 aliphatic heterocycles. The first-order valence-electron chi connectivity index (χ1n) is 8.75. The van der Waals surface area contributed by atoms with Gasteiger partial charge in [0, 0.05) is 11.6 Å². The van der Waals surface area contributed by atoms with E-state index in [0.29, 0.717) is 17.9 Å². The summed E-state index contributed by atoms with van der Waals surface area (Å²) in [4.78, 5) is 14.8. The molecule has 3 N–H and O–H groups in total. The lowest BCUT2D eigenvalue weighted by Gasteiger charge is -2.60. The molecule has 2 heterocycles. The molecule has 1 aromatic rings. The molecule has 10 heteroatoms. The van der Waals surface area contributed by atoms with E-state index in [9.17, 15) is 9.90 Å². The van der Waals surface area contributed by atoms with Crippen molar-refractivity contribution >= 4 is 16.2 Å². The number of benzene rings is 1. The van der Waals surface area contributed by atoms with Gasteiger partial charge in [-0.25, -0.2) is 0 Å². The molecule has 5 rings (SSSR count). The molecule has 0 amide bonds. The fraction of sp³-hybridized carbons (Fsp3) is 0.500. The second-order valence-electron chi connectivity index (χ2n) is 7.56. The Kier molecular flexibility index (Phi) is 4.15. The van der Waals surface area contributed by atoms with Crippen molar-refractivity contribution in [1.82, 2.24) is 4.90 Å². The smallest absolute Gasteiger partial charge is 0.394 e. The Morgan fingerprint density at radius 1 is 1.32 bits per heavy atom. The summed E-state index contributed by atoms with van der Waals surface area (Å²) in [6.45, 7) is 0.837. The van der Waals surface area contributed by atoms with Crippen molar-refractivity contribution in [3.63, 3.8) is 0 Å². The highest BCUT2D eigenvalue weighted by Crippen LogP contribution is 2.63. The van der Waals surface area contributed by atoms with Gasteiger partial charge in [-0.3, -0.25) is 18.8 Å². The normalized spacial score (nSPS) is 34.8. The summed E-state index contributed by atoms with van der Waals surface area (Å²) in [5.41, 5.74) is 0.385. The Hall–Kier alpha value is -1.98. The first kappa shape index (κ1) is 19.3. The molecule has 1 spiro atoms. The molecular weight excluding hydrogens is 390 g/mol. The van der Waals surface area contributed by atoms with Crippen molar-refractivity contribution in [2.75, 3.05) is 20.7 Å². The average molecular weight is 411 g/mol. The van der Waals surface area contributed by atoms with Crippen molar-refractivity contribution < 1.29 is 36.9 Å². The van der Waals surface area contributed by atoms with Gasteiger partial charge in [0.2, 0.25) is 0 Å². The summed E-state index contributed by atoms with van der Waals surface area (Å²) in [6, 6.07) is 3.92. The molecule has 28 heavy (non-hydrogen) atoms. The van der Waals surface area contributed by atoms with Crippen LogP contribution in [0.3, 0.4) is 0 Å². The quantitative estimate of drug-likeness (QED) is 0.553. The molecule has 2 bridgehead atoms. The van der Waals surface area contributed by atoms with Gasteiger partial charge in [-0.2, -0.15) is 8.42 Å². The standard InChI is InChI=1S/C18H19NO4.H2O4S/c1-19-8-7-17-14-10-3-4-12(22-2)15(14)23-16(17)11(20)5-6-18(17,21)13(19)9-10;1-5(2,3)4/h3-6,13,16,21H,7-9H2,1-2H3;(H2,1,2,3,4)/t13-,16?,17+,18?;/m1./s1. The molecule has 152 valence electrons. The average Bonchev–Trinajstić information content (AvgIpc) is 2.95. The van der Waals surface area contributed by atoms with Crippen LogP contribution in [0.5, 0.6) is 11.5 Å². The number of nitrogens with zero attached hydrogens (tertiary/aromatic N) is 1. The summed E-state index contributed by atoms with van der Waals surface area (Å²) in [6.07, 6.45) is 4.00. The van der Waals surface area contributed by atoms with Crippen LogP contribution in [-0.2, 0) is 27.0 Å². The molecule has 0 radical (unpaired) electrons. The van der Waals surface area contributed by atoms with Crippen LogP contribution in [0.1, 0.15) is 17.5 Å². The maximum Gasteiger partial charge on any atom is 0.394 e. The van der Waals surface area contributed by atoms with Crippen LogP contribution < -0.4 is 9.47 Å². The van der Waals surface area contributed by atoms with Crippen LogP contribution in [-0.4, -0.2) is 71.8 Å². The highest BCUT2D eigenvalue weighted by molar-refractivity contribution is 7.79. The van der Waals surface area contributed by atoms with Crippen LogP contribution in [0.15, 0.2) is 24.3 Å². The first-order chi connectivity index (χ1) is 13.0. The number of hydrogen-bond donors (Lipinski definition) is 3. The zero-order valence-corrected chi connectivity index (χ0v) is 16.1. The number of carbonyl (C=O) groups excluding carboxylic acids is 1. The topological polar surface area (TPSA) is 134 Å². The third kappa shape index (κ3) is 2.45. The van der Waals surface area contributed by atoms with E-state index >= 15 is 0 Å². The Labute approximate surface area is 162 Å². The van der Waals surface area contributed by atoms with Gasteiger partial charge in [-0.05, 0) is 50.2 Å². The summed E-state index contributed by atoms with van der Waals surface area (Å²) in [5, 5.41) is 11.7. The molecule has 2 aliphatic carbocycles. The van der Waals surface area contributed by atoms with Gasteiger partial charge in [0.05, 0.1) is 12.5 Å². The van der Waals surface area contributed by atoms with E-state index < -0.39 is 27.5 Å². The van der Waals surface area contributed by atoms with E-state index in [1.54, 1.807) is 13.2 Å². The van der Waals surface area contributed by atoms with Crippen molar-refractivity contribution in [2.24, 2.45) is 0 Å². The lowest BCUT2D eigenvalue weighted by atomic mass is 9.51. The summed E-state index contributed by atoms with van der Waals surface area (Å²) in [5.74, 6) is 1.22. The van der Waals surface area contributed by atoms with Gasteiger partial charge < -0.3 is 14.6 Å². The first-order valence-corrected chi connectivity index (χ1v) is 10.1. The predicted octanol–water partition coefficient (Wildman–Crippen LogP) is 0.171. The molecular formula is C18H21NO8S. The molecule has 9 nitrogen and oxygen atoms in total. The number of ether oxygens (including phenoxy) is 2. The van der Waals surface area contributed by atoms with E-state index in [1.165, 1.54) is 6.08 Å². The maximum atomic E-state index is 12.6. The SMILES string of the molecule is COc1ccc2c3c1OC1C(=O)C=CC4(O)[C@@H](C2)N(C)CC[C@]314.O=S(=O)(O)O. The van der Waals surface area contributed by atoms with Gasteiger partial charge in [0.1, 0.15) is 5.60 Å². The van der Waals surface area contributed by atoms with Gasteiger partial charge in [-0.15, -0.1) is 0 Å². The van der Waals surface area contributed by atoms with Crippen LogP contribution >= 0.6 is 0 Å². The minimum Gasteiger partial charge on any atom is -0.493 e.